The van der Waals surface area contributed by atoms with Gasteiger partial charge in [0.15, 0.2) is 0 Å². The van der Waals surface area contributed by atoms with Crippen LogP contribution in [0.1, 0.15) is 38.5 Å². The van der Waals surface area contributed by atoms with Crippen molar-refractivity contribution in [2.45, 2.75) is 50.1 Å². The van der Waals surface area contributed by atoms with Crippen LogP contribution < -0.4 is 10.6 Å². The molecule has 2 fully saturated rings. The van der Waals surface area contributed by atoms with Crippen molar-refractivity contribution in [2.24, 2.45) is 0 Å². The van der Waals surface area contributed by atoms with Crippen LogP contribution in [0.2, 0.25) is 0 Å². The molecular formula is C11H20N2O2. The van der Waals surface area contributed by atoms with E-state index in [4.69, 9.17) is 0 Å². The molecule has 0 spiro atoms. The largest absolute Gasteiger partial charge is 0.394 e. The number of amides is 1. The van der Waals surface area contributed by atoms with Crippen LogP contribution in [-0.2, 0) is 4.79 Å². The van der Waals surface area contributed by atoms with Gasteiger partial charge in [-0.3, -0.25) is 4.79 Å². The molecule has 1 amide bonds. The number of aliphatic hydroxyl groups excluding tert-OH is 1. The molecule has 1 saturated heterocycles. The second kappa shape index (κ2) is 4.49. The predicted octanol–water partition coefficient (Wildman–Crippen LogP) is 0.160. The Bertz CT molecular complexity index is 227. The number of piperidine rings is 1. The molecule has 2 rings (SSSR count). The third-order valence-electron chi connectivity index (χ3n) is 3.63. The van der Waals surface area contributed by atoms with Crippen LogP contribution in [0.3, 0.4) is 0 Å². The van der Waals surface area contributed by atoms with Gasteiger partial charge in [-0.05, 0) is 38.6 Å². The highest BCUT2D eigenvalue weighted by Gasteiger charge is 2.39. The Hall–Kier alpha value is -0.610. The fourth-order valence-corrected chi connectivity index (χ4v) is 2.35. The Kier molecular flexibility index (Phi) is 3.26. The van der Waals surface area contributed by atoms with E-state index in [9.17, 15) is 9.90 Å². The lowest BCUT2D eigenvalue weighted by Gasteiger charge is -2.42. The maximum absolute atomic E-state index is 11.9. The summed E-state index contributed by atoms with van der Waals surface area (Å²) < 4.78 is 0. The molecule has 0 radical (unpaired) electrons. The predicted molar refractivity (Wildman–Crippen MR) is 57.5 cm³/mol. The SMILES string of the molecule is O=C(NC1(CO)CCC1)C1CCCCN1. The Balaban J connectivity index is 1.85. The van der Waals surface area contributed by atoms with Gasteiger partial charge in [-0.2, -0.15) is 0 Å². The molecule has 1 aliphatic heterocycles. The minimum atomic E-state index is -0.295. The van der Waals surface area contributed by atoms with Crippen molar-refractivity contribution >= 4 is 5.91 Å². The molecule has 4 heteroatoms. The lowest BCUT2D eigenvalue weighted by molar-refractivity contribution is -0.127. The lowest BCUT2D eigenvalue weighted by Crippen LogP contribution is -2.60. The molecule has 0 aromatic rings. The molecule has 1 unspecified atom stereocenters. The zero-order valence-corrected chi connectivity index (χ0v) is 9.09. The van der Waals surface area contributed by atoms with Crippen molar-refractivity contribution in [3.8, 4) is 0 Å². The summed E-state index contributed by atoms with van der Waals surface area (Å²) in [7, 11) is 0. The summed E-state index contributed by atoms with van der Waals surface area (Å²) in [6.07, 6.45) is 6.16. The van der Waals surface area contributed by atoms with Crippen molar-refractivity contribution in [3.63, 3.8) is 0 Å². The van der Waals surface area contributed by atoms with E-state index in [1.54, 1.807) is 0 Å². The van der Waals surface area contributed by atoms with Gasteiger partial charge in [-0.1, -0.05) is 6.42 Å². The van der Waals surface area contributed by atoms with Crippen molar-refractivity contribution in [2.75, 3.05) is 13.2 Å². The molecular weight excluding hydrogens is 192 g/mol. The zero-order chi connectivity index (χ0) is 10.7. The van der Waals surface area contributed by atoms with Gasteiger partial charge in [0.2, 0.25) is 5.91 Å². The Morgan fingerprint density at radius 3 is 2.67 bits per heavy atom. The fourth-order valence-electron chi connectivity index (χ4n) is 2.35. The second-order valence-corrected chi connectivity index (χ2v) is 4.78. The monoisotopic (exact) mass is 212 g/mol. The molecule has 86 valence electrons. The molecule has 0 aromatic carbocycles. The molecule has 1 saturated carbocycles. The van der Waals surface area contributed by atoms with Gasteiger partial charge in [-0.15, -0.1) is 0 Å². The average molecular weight is 212 g/mol. The summed E-state index contributed by atoms with van der Waals surface area (Å²) in [6.45, 7) is 1.01. The highest BCUT2D eigenvalue weighted by atomic mass is 16.3. The molecule has 0 aromatic heterocycles. The van der Waals surface area contributed by atoms with E-state index >= 15 is 0 Å². The first-order valence-electron chi connectivity index (χ1n) is 5.92. The number of hydrogen-bond acceptors (Lipinski definition) is 3. The van der Waals surface area contributed by atoms with E-state index in [1.165, 1.54) is 0 Å². The van der Waals surface area contributed by atoms with Crippen LogP contribution >= 0.6 is 0 Å². The number of aliphatic hydroxyl groups is 1. The molecule has 0 bridgehead atoms. The highest BCUT2D eigenvalue weighted by molar-refractivity contribution is 5.82. The minimum absolute atomic E-state index is 0.0391. The van der Waals surface area contributed by atoms with Crippen molar-refractivity contribution in [1.29, 1.82) is 0 Å². The first kappa shape index (κ1) is 10.9. The second-order valence-electron chi connectivity index (χ2n) is 4.78. The Morgan fingerprint density at radius 1 is 1.40 bits per heavy atom. The normalized spacial score (nSPS) is 29.3. The molecule has 4 nitrogen and oxygen atoms in total. The lowest BCUT2D eigenvalue weighted by atomic mass is 9.77. The zero-order valence-electron chi connectivity index (χ0n) is 9.09. The number of rotatable bonds is 3. The van der Waals surface area contributed by atoms with E-state index in [0.717, 1.165) is 45.1 Å². The van der Waals surface area contributed by atoms with Crippen LogP contribution in [-0.4, -0.2) is 35.7 Å². The van der Waals surface area contributed by atoms with Crippen LogP contribution in [0, 0.1) is 0 Å². The van der Waals surface area contributed by atoms with Crippen LogP contribution in [0.15, 0.2) is 0 Å². The molecule has 15 heavy (non-hydrogen) atoms. The quantitative estimate of drug-likeness (QED) is 0.624. The van der Waals surface area contributed by atoms with Crippen LogP contribution in [0.5, 0.6) is 0 Å². The van der Waals surface area contributed by atoms with Gasteiger partial charge in [0.05, 0.1) is 18.2 Å². The van der Waals surface area contributed by atoms with Gasteiger partial charge in [0.1, 0.15) is 0 Å². The smallest absolute Gasteiger partial charge is 0.237 e. The molecule has 1 aliphatic carbocycles. The molecule has 3 N–H and O–H groups in total. The van der Waals surface area contributed by atoms with Crippen molar-refractivity contribution in [3.05, 3.63) is 0 Å². The Labute approximate surface area is 90.4 Å². The summed E-state index contributed by atoms with van der Waals surface area (Å²) >= 11 is 0. The topological polar surface area (TPSA) is 61.4 Å². The van der Waals surface area contributed by atoms with Crippen molar-refractivity contribution < 1.29 is 9.90 Å². The van der Waals surface area contributed by atoms with Gasteiger partial charge in [-0.25, -0.2) is 0 Å². The van der Waals surface area contributed by atoms with Crippen LogP contribution in [0.4, 0.5) is 0 Å². The van der Waals surface area contributed by atoms with E-state index in [1.807, 2.05) is 0 Å². The first-order chi connectivity index (χ1) is 7.26. The summed E-state index contributed by atoms with van der Waals surface area (Å²) in [4.78, 5) is 11.9. The van der Waals surface area contributed by atoms with E-state index in [0.29, 0.717) is 0 Å². The maximum Gasteiger partial charge on any atom is 0.237 e. The number of hydrogen-bond donors (Lipinski definition) is 3. The first-order valence-corrected chi connectivity index (χ1v) is 5.92. The molecule has 1 heterocycles. The van der Waals surface area contributed by atoms with E-state index in [-0.39, 0.29) is 24.1 Å². The third-order valence-corrected chi connectivity index (χ3v) is 3.63. The van der Waals surface area contributed by atoms with Gasteiger partial charge in [0.25, 0.3) is 0 Å². The summed E-state index contributed by atoms with van der Waals surface area (Å²) in [5, 5.41) is 15.5. The summed E-state index contributed by atoms with van der Waals surface area (Å²) in [5.41, 5.74) is -0.295. The third kappa shape index (κ3) is 2.32. The maximum atomic E-state index is 11.9. The summed E-state index contributed by atoms with van der Waals surface area (Å²) in [5.74, 6) is 0.0726. The van der Waals surface area contributed by atoms with Gasteiger partial charge in [0, 0.05) is 0 Å². The van der Waals surface area contributed by atoms with E-state index < -0.39 is 0 Å². The molecule has 1 atom stereocenters. The fraction of sp³-hybridized carbons (Fsp3) is 0.909. The van der Waals surface area contributed by atoms with Gasteiger partial charge < -0.3 is 15.7 Å². The standard InChI is InChI=1S/C11H20N2O2/c14-8-11(5-3-6-11)13-10(15)9-4-1-2-7-12-9/h9,12,14H,1-8H2,(H,13,15). The number of nitrogens with one attached hydrogen (secondary N) is 2. The molecule has 2 aliphatic rings. The van der Waals surface area contributed by atoms with E-state index in [2.05, 4.69) is 10.6 Å². The highest BCUT2D eigenvalue weighted by Crippen LogP contribution is 2.31. The van der Waals surface area contributed by atoms with Crippen LogP contribution in [0.25, 0.3) is 0 Å². The summed E-state index contributed by atoms with van der Waals surface area (Å²) in [6, 6.07) is -0.0391. The van der Waals surface area contributed by atoms with Crippen molar-refractivity contribution in [1.82, 2.24) is 10.6 Å². The van der Waals surface area contributed by atoms with Gasteiger partial charge >= 0.3 is 0 Å². The number of carbonyl (C=O) groups excluding carboxylic acids is 1. The average Bonchev–Trinajstić information content (AvgIpc) is 2.24. The minimum Gasteiger partial charge on any atom is -0.394 e. The number of carbonyl (C=O) groups is 1. The Morgan fingerprint density at radius 2 is 2.20 bits per heavy atom.